The number of anilines is 2. The molecule has 152 valence electrons. The van der Waals surface area contributed by atoms with Crippen molar-refractivity contribution in [3.8, 4) is 0 Å². The van der Waals surface area contributed by atoms with Crippen LogP contribution in [0.4, 0.5) is 10.8 Å². The number of nitrogens with one attached hydrogen (secondary N) is 2. The van der Waals surface area contributed by atoms with Crippen molar-refractivity contribution in [2.75, 3.05) is 16.4 Å². The minimum absolute atomic E-state index is 0.0474. The number of aryl methyl sites for hydroxylation is 2. The molecular weight excluding hydrogens is 434 g/mol. The average Bonchev–Trinajstić information content (AvgIpc) is 3.22. The number of nitrogens with zero attached hydrogens (tertiary/aromatic N) is 5. The summed E-state index contributed by atoms with van der Waals surface area (Å²) in [6, 6.07) is 5.32. The van der Waals surface area contributed by atoms with Crippen LogP contribution in [-0.2, 0) is 23.1 Å². The molecule has 0 saturated heterocycles. The van der Waals surface area contributed by atoms with Gasteiger partial charge in [0.05, 0.1) is 12.2 Å². The smallest absolute Gasteiger partial charge is 0.236 e. The topological polar surface area (TPSA) is 115 Å². The number of hydrogen-bond acceptors (Lipinski definition) is 8. The van der Waals surface area contributed by atoms with Crippen LogP contribution in [0.1, 0.15) is 16.4 Å². The second-order valence-corrected chi connectivity index (χ2v) is 8.64. The van der Waals surface area contributed by atoms with E-state index in [1.165, 1.54) is 23.1 Å². The third-order valence-corrected chi connectivity index (χ3v) is 5.99. The summed E-state index contributed by atoms with van der Waals surface area (Å²) in [6.07, 6.45) is 0.0474. The van der Waals surface area contributed by atoms with Crippen LogP contribution < -0.4 is 10.6 Å². The Morgan fingerprint density at radius 3 is 2.62 bits per heavy atom. The Balaban J connectivity index is 1.53. The lowest BCUT2D eigenvalue weighted by Gasteiger charge is -2.07. The van der Waals surface area contributed by atoms with Gasteiger partial charge in [0.15, 0.2) is 5.16 Å². The molecule has 0 unspecified atom stereocenters. The summed E-state index contributed by atoms with van der Waals surface area (Å²) in [7, 11) is 1.75. The van der Waals surface area contributed by atoms with E-state index in [0.717, 1.165) is 10.6 Å². The van der Waals surface area contributed by atoms with Gasteiger partial charge < -0.3 is 9.88 Å². The van der Waals surface area contributed by atoms with Crippen molar-refractivity contribution in [3.05, 3.63) is 39.6 Å². The fourth-order valence-corrected chi connectivity index (χ4v) is 3.80. The fraction of sp³-hybridized carbons (Fsp3) is 0.294. The van der Waals surface area contributed by atoms with E-state index < -0.39 is 0 Å². The molecule has 2 N–H and O–H groups in total. The number of rotatable bonds is 7. The zero-order chi connectivity index (χ0) is 21.0. The first-order valence-corrected chi connectivity index (χ1v) is 10.7. The molecule has 9 nitrogen and oxygen atoms in total. The van der Waals surface area contributed by atoms with E-state index in [9.17, 15) is 9.59 Å². The minimum atomic E-state index is -0.235. The van der Waals surface area contributed by atoms with E-state index in [0.29, 0.717) is 26.8 Å². The van der Waals surface area contributed by atoms with Gasteiger partial charge in [-0.05, 0) is 31.5 Å². The first-order valence-electron chi connectivity index (χ1n) is 8.49. The van der Waals surface area contributed by atoms with Crippen LogP contribution in [0.5, 0.6) is 0 Å². The lowest BCUT2D eigenvalue weighted by atomic mass is 10.2. The largest absolute Gasteiger partial charge is 0.326 e. The molecule has 0 bridgehead atoms. The van der Waals surface area contributed by atoms with Gasteiger partial charge in [-0.15, -0.1) is 20.4 Å². The van der Waals surface area contributed by atoms with Crippen LogP contribution in [0, 0.1) is 13.8 Å². The molecule has 0 saturated carbocycles. The molecule has 29 heavy (non-hydrogen) atoms. The summed E-state index contributed by atoms with van der Waals surface area (Å²) in [6.45, 7) is 3.70. The van der Waals surface area contributed by atoms with Crippen molar-refractivity contribution in [1.82, 2.24) is 25.0 Å². The molecule has 3 aromatic rings. The number of aromatic nitrogens is 5. The van der Waals surface area contributed by atoms with Gasteiger partial charge in [-0.3, -0.25) is 14.9 Å². The molecule has 0 aliphatic rings. The van der Waals surface area contributed by atoms with Crippen LogP contribution >= 0.6 is 34.7 Å². The highest BCUT2D eigenvalue weighted by Gasteiger charge is 2.15. The van der Waals surface area contributed by atoms with Crippen LogP contribution in [-0.4, -0.2) is 42.5 Å². The van der Waals surface area contributed by atoms with Crippen molar-refractivity contribution >= 4 is 57.3 Å². The Labute approximate surface area is 180 Å². The van der Waals surface area contributed by atoms with E-state index in [2.05, 4.69) is 31.0 Å². The molecule has 12 heteroatoms. The maximum Gasteiger partial charge on any atom is 0.236 e. The second kappa shape index (κ2) is 9.33. The van der Waals surface area contributed by atoms with Crippen molar-refractivity contribution < 1.29 is 9.59 Å². The number of carbonyl (C=O) groups excluding carboxylic acids is 2. The van der Waals surface area contributed by atoms with E-state index >= 15 is 0 Å². The Bertz CT molecular complexity index is 1050. The quantitative estimate of drug-likeness (QED) is 0.530. The summed E-state index contributed by atoms with van der Waals surface area (Å²) in [5.74, 6) is 0.174. The van der Waals surface area contributed by atoms with Crippen LogP contribution in [0.15, 0.2) is 23.4 Å². The molecule has 2 amide bonds. The summed E-state index contributed by atoms with van der Waals surface area (Å²) in [5.41, 5.74) is 1.55. The van der Waals surface area contributed by atoms with E-state index in [-0.39, 0.29) is 24.0 Å². The standard InChI is InChI=1S/C17H18ClN7O2S2/c1-9-4-5-11(6-12(9)18)19-14(26)7-13-22-24-17(25(13)3)28-8-15(27)20-16-23-21-10(2)29-16/h4-6H,7-8H2,1-3H3,(H,19,26)(H,20,23,27). The molecule has 0 spiro atoms. The molecule has 0 fully saturated rings. The fourth-order valence-electron chi connectivity index (χ4n) is 2.28. The first kappa shape index (κ1) is 21.2. The van der Waals surface area contributed by atoms with Gasteiger partial charge in [0, 0.05) is 17.8 Å². The number of benzene rings is 1. The highest BCUT2D eigenvalue weighted by molar-refractivity contribution is 7.99. The molecule has 3 rings (SSSR count). The Kier molecular flexibility index (Phi) is 6.83. The van der Waals surface area contributed by atoms with Crippen molar-refractivity contribution in [2.24, 2.45) is 7.05 Å². The van der Waals surface area contributed by atoms with E-state index in [1.54, 1.807) is 23.7 Å². The summed E-state index contributed by atoms with van der Waals surface area (Å²) >= 11 is 8.60. The average molecular weight is 452 g/mol. The van der Waals surface area contributed by atoms with Gasteiger partial charge in [-0.2, -0.15) is 0 Å². The van der Waals surface area contributed by atoms with Crippen molar-refractivity contribution in [3.63, 3.8) is 0 Å². The van der Waals surface area contributed by atoms with Gasteiger partial charge in [-0.1, -0.05) is 40.8 Å². The molecule has 2 aromatic heterocycles. The van der Waals surface area contributed by atoms with Crippen molar-refractivity contribution in [2.45, 2.75) is 25.4 Å². The Morgan fingerprint density at radius 2 is 1.93 bits per heavy atom. The lowest BCUT2D eigenvalue weighted by molar-refractivity contribution is -0.116. The number of halogens is 1. The van der Waals surface area contributed by atoms with Gasteiger partial charge in [-0.25, -0.2) is 0 Å². The van der Waals surface area contributed by atoms with E-state index in [1.807, 2.05) is 19.9 Å². The zero-order valence-corrected chi connectivity index (χ0v) is 18.3. The Hall–Kier alpha value is -2.50. The normalized spacial score (nSPS) is 10.8. The highest BCUT2D eigenvalue weighted by Crippen LogP contribution is 2.21. The number of hydrogen-bond donors (Lipinski definition) is 2. The van der Waals surface area contributed by atoms with Gasteiger partial charge in [0.1, 0.15) is 10.8 Å². The second-order valence-electron chi connectivity index (χ2n) is 6.11. The zero-order valence-electron chi connectivity index (χ0n) is 15.9. The first-order chi connectivity index (χ1) is 13.8. The molecule has 2 heterocycles. The predicted molar refractivity (Wildman–Crippen MR) is 114 cm³/mol. The predicted octanol–water partition coefficient (Wildman–Crippen LogP) is 2.85. The van der Waals surface area contributed by atoms with Crippen LogP contribution in [0.25, 0.3) is 0 Å². The number of amides is 2. The number of thioether (sulfide) groups is 1. The third-order valence-electron chi connectivity index (χ3n) is 3.80. The molecular formula is C17H18ClN7O2S2. The summed E-state index contributed by atoms with van der Waals surface area (Å²) in [5, 5.41) is 23.6. The van der Waals surface area contributed by atoms with Gasteiger partial charge in [0.2, 0.25) is 16.9 Å². The number of carbonyl (C=O) groups is 2. The minimum Gasteiger partial charge on any atom is -0.326 e. The van der Waals surface area contributed by atoms with Crippen LogP contribution in [0.3, 0.4) is 0 Å². The third kappa shape index (κ3) is 5.75. The molecule has 0 atom stereocenters. The highest BCUT2D eigenvalue weighted by atomic mass is 35.5. The molecule has 0 radical (unpaired) electrons. The Morgan fingerprint density at radius 1 is 1.14 bits per heavy atom. The van der Waals surface area contributed by atoms with Crippen molar-refractivity contribution in [1.29, 1.82) is 0 Å². The molecule has 1 aromatic carbocycles. The maximum atomic E-state index is 12.3. The van der Waals surface area contributed by atoms with Gasteiger partial charge >= 0.3 is 0 Å². The lowest BCUT2D eigenvalue weighted by Crippen LogP contribution is -2.17. The molecule has 0 aliphatic carbocycles. The monoisotopic (exact) mass is 451 g/mol. The molecule has 0 aliphatic heterocycles. The van der Waals surface area contributed by atoms with Gasteiger partial charge in [0.25, 0.3) is 0 Å². The van der Waals surface area contributed by atoms with Crippen LogP contribution in [0.2, 0.25) is 5.02 Å². The summed E-state index contributed by atoms with van der Waals surface area (Å²) in [4.78, 5) is 24.3. The summed E-state index contributed by atoms with van der Waals surface area (Å²) < 4.78 is 1.69. The SMILES string of the molecule is Cc1nnc(NC(=O)CSc2nnc(CC(=O)Nc3ccc(C)c(Cl)c3)n2C)s1. The van der Waals surface area contributed by atoms with E-state index in [4.69, 9.17) is 11.6 Å². The maximum absolute atomic E-state index is 12.3.